The van der Waals surface area contributed by atoms with Gasteiger partial charge in [-0.2, -0.15) is 0 Å². The lowest BCUT2D eigenvalue weighted by atomic mass is 9.95. The summed E-state index contributed by atoms with van der Waals surface area (Å²) in [6, 6.07) is 14.5. The second-order valence-corrected chi connectivity index (χ2v) is 8.02. The van der Waals surface area contributed by atoms with Gasteiger partial charge in [-0.15, -0.1) is 0 Å². The van der Waals surface area contributed by atoms with E-state index in [1.807, 2.05) is 43.3 Å². The van der Waals surface area contributed by atoms with Crippen molar-refractivity contribution in [2.75, 3.05) is 45.2 Å². The van der Waals surface area contributed by atoms with Gasteiger partial charge in [-0.1, -0.05) is 24.3 Å². The standard InChI is InChI=1S/C23H30N4O4/c1-25(2)15-16-31-20-9-7-18(8-10-20)17-24-23(28)19-11-13-26(14-12-19)21-5-3-4-6-22(21)27(29)30/h3-10,19H,11-17H2,1-2H3,(H,24,28). The summed E-state index contributed by atoms with van der Waals surface area (Å²) in [5, 5.41) is 14.3. The van der Waals surface area contributed by atoms with E-state index in [9.17, 15) is 14.9 Å². The van der Waals surface area contributed by atoms with Crippen molar-refractivity contribution >= 4 is 17.3 Å². The summed E-state index contributed by atoms with van der Waals surface area (Å²) in [7, 11) is 4.01. The molecule has 3 rings (SSSR count). The number of likely N-dealkylation sites (N-methyl/N-ethyl adjacent to an activating group) is 1. The molecule has 1 amide bonds. The topological polar surface area (TPSA) is 88.0 Å². The lowest BCUT2D eigenvalue weighted by Crippen LogP contribution is -2.40. The molecule has 1 saturated heterocycles. The summed E-state index contributed by atoms with van der Waals surface area (Å²) in [6.45, 7) is 3.22. The molecule has 166 valence electrons. The van der Waals surface area contributed by atoms with E-state index in [1.54, 1.807) is 18.2 Å². The van der Waals surface area contributed by atoms with E-state index in [1.165, 1.54) is 6.07 Å². The van der Waals surface area contributed by atoms with E-state index in [-0.39, 0.29) is 22.4 Å². The number of benzene rings is 2. The highest BCUT2D eigenvalue weighted by Crippen LogP contribution is 2.31. The largest absolute Gasteiger partial charge is 0.492 e. The number of anilines is 1. The van der Waals surface area contributed by atoms with E-state index in [2.05, 4.69) is 10.2 Å². The van der Waals surface area contributed by atoms with Crippen LogP contribution in [0.4, 0.5) is 11.4 Å². The van der Waals surface area contributed by atoms with Crippen molar-refractivity contribution in [3.05, 3.63) is 64.2 Å². The third-order valence-electron chi connectivity index (χ3n) is 5.48. The number of carbonyl (C=O) groups excluding carboxylic acids is 1. The summed E-state index contributed by atoms with van der Waals surface area (Å²) in [4.78, 5) is 27.6. The fraction of sp³-hybridized carbons (Fsp3) is 0.435. The number of nitro benzene ring substituents is 1. The lowest BCUT2D eigenvalue weighted by molar-refractivity contribution is -0.384. The Balaban J connectivity index is 1.45. The first kappa shape index (κ1) is 22.6. The van der Waals surface area contributed by atoms with Crippen LogP contribution in [-0.4, -0.2) is 56.1 Å². The molecule has 2 aromatic rings. The minimum Gasteiger partial charge on any atom is -0.492 e. The Morgan fingerprint density at radius 3 is 2.48 bits per heavy atom. The third kappa shape index (κ3) is 6.42. The van der Waals surface area contributed by atoms with Crippen LogP contribution in [0.3, 0.4) is 0 Å². The Labute approximate surface area is 182 Å². The molecule has 1 fully saturated rings. The molecule has 0 atom stereocenters. The van der Waals surface area contributed by atoms with Gasteiger partial charge >= 0.3 is 0 Å². The van der Waals surface area contributed by atoms with Crippen molar-refractivity contribution in [3.8, 4) is 5.75 Å². The van der Waals surface area contributed by atoms with Gasteiger partial charge in [0.25, 0.3) is 5.69 Å². The zero-order valence-corrected chi connectivity index (χ0v) is 18.1. The number of piperidine rings is 1. The lowest BCUT2D eigenvalue weighted by Gasteiger charge is -2.32. The summed E-state index contributed by atoms with van der Waals surface area (Å²) < 4.78 is 5.69. The maximum absolute atomic E-state index is 12.6. The van der Waals surface area contributed by atoms with Crippen molar-refractivity contribution < 1.29 is 14.5 Å². The van der Waals surface area contributed by atoms with Gasteiger partial charge in [0.2, 0.25) is 5.91 Å². The molecule has 8 nitrogen and oxygen atoms in total. The second kappa shape index (κ2) is 10.8. The fourth-order valence-electron chi connectivity index (χ4n) is 3.65. The van der Waals surface area contributed by atoms with Gasteiger partial charge in [0.15, 0.2) is 0 Å². The first-order valence-electron chi connectivity index (χ1n) is 10.6. The normalized spacial score (nSPS) is 14.5. The monoisotopic (exact) mass is 426 g/mol. The smallest absolute Gasteiger partial charge is 0.292 e. The van der Waals surface area contributed by atoms with Gasteiger partial charge in [-0.3, -0.25) is 14.9 Å². The Morgan fingerprint density at radius 2 is 1.84 bits per heavy atom. The van der Waals surface area contributed by atoms with Gasteiger partial charge in [0, 0.05) is 38.2 Å². The second-order valence-electron chi connectivity index (χ2n) is 8.02. The van der Waals surface area contributed by atoms with E-state index in [0.717, 1.165) is 17.9 Å². The molecule has 0 unspecified atom stereocenters. The molecular weight excluding hydrogens is 396 g/mol. The number of nitrogens with one attached hydrogen (secondary N) is 1. The first-order chi connectivity index (χ1) is 14.9. The van der Waals surface area contributed by atoms with Crippen LogP contribution in [0, 0.1) is 16.0 Å². The number of amides is 1. The maximum atomic E-state index is 12.6. The third-order valence-corrected chi connectivity index (χ3v) is 5.48. The molecule has 2 aromatic carbocycles. The molecule has 0 aromatic heterocycles. The highest BCUT2D eigenvalue weighted by atomic mass is 16.6. The van der Waals surface area contributed by atoms with Crippen molar-refractivity contribution in [1.29, 1.82) is 0 Å². The summed E-state index contributed by atoms with van der Waals surface area (Å²) in [6.07, 6.45) is 1.35. The molecule has 0 aliphatic carbocycles. The minimum atomic E-state index is -0.354. The average Bonchev–Trinajstić information content (AvgIpc) is 2.78. The van der Waals surface area contributed by atoms with Gasteiger partial charge in [-0.25, -0.2) is 0 Å². The van der Waals surface area contributed by atoms with Gasteiger partial charge in [-0.05, 0) is 50.7 Å². The van der Waals surface area contributed by atoms with Crippen LogP contribution in [0.1, 0.15) is 18.4 Å². The van der Waals surface area contributed by atoms with Crippen LogP contribution in [0.5, 0.6) is 5.75 Å². The molecule has 0 bridgehead atoms. The molecule has 31 heavy (non-hydrogen) atoms. The zero-order chi connectivity index (χ0) is 22.2. The van der Waals surface area contributed by atoms with Crippen molar-refractivity contribution in [1.82, 2.24) is 10.2 Å². The average molecular weight is 427 g/mol. The fourth-order valence-corrected chi connectivity index (χ4v) is 3.65. The number of rotatable bonds is 9. The van der Waals surface area contributed by atoms with Crippen molar-refractivity contribution in [3.63, 3.8) is 0 Å². The molecule has 0 radical (unpaired) electrons. The predicted molar refractivity (Wildman–Crippen MR) is 120 cm³/mol. The Bertz CT molecular complexity index is 877. The quantitative estimate of drug-likeness (QED) is 0.490. The zero-order valence-electron chi connectivity index (χ0n) is 18.1. The van der Waals surface area contributed by atoms with Crippen LogP contribution >= 0.6 is 0 Å². The van der Waals surface area contributed by atoms with Gasteiger partial charge < -0.3 is 19.9 Å². The summed E-state index contributed by atoms with van der Waals surface area (Å²) >= 11 is 0. The highest BCUT2D eigenvalue weighted by molar-refractivity contribution is 5.79. The van der Waals surface area contributed by atoms with Crippen LogP contribution in [0.15, 0.2) is 48.5 Å². The van der Waals surface area contributed by atoms with Gasteiger partial charge in [0.05, 0.1) is 4.92 Å². The first-order valence-corrected chi connectivity index (χ1v) is 10.6. The Morgan fingerprint density at radius 1 is 1.16 bits per heavy atom. The highest BCUT2D eigenvalue weighted by Gasteiger charge is 2.27. The molecule has 1 N–H and O–H groups in total. The molecule has 1 heterocycles. The number of nitro groups is 1. The van der Waals surface area contributed by atoms with E-state index >= 15 is 0 Å². The predicted octanol–water partition coefficient (Wildman–Crippen LogP) is 3.07. The maximum Gasteiger partial charge on any atom is 0.292 e. The van der Waals surface area contributed by atoms with Crippen LogP contribution < -0.4 is 15.0 Å². The number of ether oxygens (including phenoxy) is 1. The summed E-state index contributed by atoms with van der Waals surface area (Å²) in [5.41, 5.74) is 1.75. The molecule has 8 heteroatoms. The van der Waals surface area contributed by atoms with Crippen LogP contribution in [0.2, 0.25) is 0 Å². The number of nitrogens with zero attached hydrogens (tertiary/aromatic N) is 3. The van der Waals surface area contributed by atoms with Crippen LogP contribution in [-0.2, 0) is 11.3 Å². The van der Waals surface area contributed by atoms with E-state index in [4.69, 9.17) is 4.74 Å². The number of hydrogen-bond donors (Lipinski definition) is 1. The molecule has 0 spiro atoms. The van der Waals surface area contributed by atoms with Gasteiger partial charge in [0.1, 0.15) is 18.0 Å². The number of carbonyl (C=O) groups is 1. The van der Waals surface area contributed by atoms with Crippen molar-refractivity contribution in [2.24, 2.45) is 5.92 Å². The number of para-hydroxylation sites is 2. The Hall–Kier alpha value is -3.13. The molecule has 1 aliphatic rings. The molecule has 1 aliphatic heterocycles. The number of hydrogen-bond acceptors (Lipinski definition) is 6. The van der Waals surface area contributed by atoms with Crippen LogP contribution in [0.25, 0.3) is 0 Å². The summed E-state index contributed by atoms with van der Waals surface area (Å²) in [5.74, 6) is 0.778. The Kier molecular flexibility index (Phi) is 7.83. The van der Waals surface area contributed by atoms with E-state index < -0.39 is 0 Å². The SMILES string of the molecule is CN(C)CCOc1ccc(CNC(=O)C2CCN(c3ccccc3[N+](=O)[O-])CC2)cc1. The van der Waals surface area contributed by atoms with Crippen molar-refractivity contribution in [2.45, 2.75) is 19.4 Å². The minimum absolute atomic E-state index is 0.0357. The molecular formula is C23H30N4O4. The van der Waals surface area contributed by atoms with E-state index in [0.29, 0.717) is 44.8 Å². The molecule has 0 saturated carbocycles.